The lowest BCUT2D eigenvalue weighted by Crippen LogP contribution is -2.59. The molecule has 2 aliphatic rings. The Labute approximate surface area is 277 Å². The van der Waals surface area contributed by atoms with E-state index in [0.717, 1.165) is 30.2 Å². The molecule has 5 atom stereocenters. The highest BCUT2D eigenvalue weighted by atomic mass is 35.5. The van der Waals surface area contributed by atoms with E-state index in [9.17, 15) is 18.0 Å². The zero-order chi connectivity index (χ0) is 32.6. The topological polar surface area (TPSA) is 150 Å². The van der Waals surface area contributed by atoms with Gasteiger partial charge in [-0.05, 0) is 65.1 Å². The highest BCUT2D eigenvalue weighted by Gasteiger charge is 2.49. The number of rotatable bonds is 8. The summed E-state index contributed by atoms with van der Waals surface area (Å²) in [5, 5.41) is 17.8. The summed E-state index contributed by atoms with van der Waals surface area (Å²) in [6.45, 7) is 1.89. The second-order valence-electron chi connectivity index (χ2n) is 11.8. The Morgan fingerprint density at radius 3 is 2.46 bits per heavy atom. The van der Waals surface area contributed by atoms with E-state index >= 15 is 0 Å². The molecule has 1 saturated carbocycles. The van der Waals surface area contributed by atoms with Gasteiger partial charge in [-0.1, -0.05) is 84.6 Å². The number of nitrogens with zero attached hydrogens (tertiary/aromatic N) is 4. The molecule has 1 aromatic heterocycles. The van der Waals surface area contributed by atoms with E-state index in [4.69, 9.17) is 23.2 Å². The largest absolute Gasteiger partial charge is 0.349 e. The van der Waals surface area contributed by atoms with Crippen LogP contribution in [0.15, 0.2) is 66.7 Å². The maximum absolute atomic E-state index is 14.5. The highest BCUT2D eigenvalue weighted by Crippen LogP contribution is 2.48. The number of aromatic nitrogens is 4. The molecule has 14 heteroatoms. The third kappa shape index (κ3) is 6.52. The molecular formula is C32H33Cl2N7O4S. The Hall–Kier alpha value is -3.84. The van der Waals surface area contributed by atoms with Crippen LogP contribution in [-0.2, 0) is 14.8 Å². The Balaban J connectivity index is 1.43. The Bertz CT molecular complexity index is 1850. The number of hydrogen-bond acceptors (Lipinski definition) is 7. The summed E-state index contributed by atoms with van der Waals surface area (Å²) in [7, 11) is -3.59. The van der Waals surface area contributed by atoms with Crippen LogP contribution in [-0.4, -0.2) is 64.1 Å². The molecule has 3 aromatic carbocycles. The third-order valence-electron chi connectivity index (χ3n) is 8.78. The van der Waals surface area contributed by atoms with E-state index in [1.54, 1.807) is 47.4 Å². The minimum atomic E-state index is -3.59. The molecule has 0 spiro atoms. The molecule has 3 N–H and O–H groups in total. The van der Waals surface area contributed by atoms with Crippen LogP contribution in [0.2, 0.25) is 10.0 Å². The maximum Gasteiger partial charge on any atom is 0.255 e. The van der Waals surface area contributed by atoms with E-state index in [-0.39, 0.29) is 11.8 Å². The van der Waals surface area contributed by atoms with Gasteiger partial charge < -0.3 is 10.2 Å². The zero-order valence-electron chi connectivity index (χ0n) is 25.2. The molecule has 1 unspecified atom stereocenters. The summed E-state index contributed by atoms with van der Waals surface area (Å²) in [6, 6.07) is 17.3. The van der Waals surface area contributed by atoms with Crippen molar-refractivity contribution in [1.29, 1.82) is 0 Å². The van der Waals surface area contributed by atoms with Crippen LogP contribution in [0.5, 0.6) is 0 Å². The predicted octanol–water partition coefficient (Wildman–Crippen LogP) is 5.19. The van der Waals surface area contributed by atoms with Crippen LogP contribution in [0.4, 0.5) is 0 Å². The summed E-state index contributed by atoms with van der Waals surface area (Å²) >= 11 is 13.1. The summed E-state index contributed by atoms with van der Waals surface area (Å²) in [6.07, 6.45) is 3.83. The number of benzene rings is 3. The van der Waals surface area contributed by atoms with Crippen LogP contribution in [0.25, 0.3) is 11.4 Å². The van der Waals surface area contributed by atoms with Gasteiger partial charge in [0.1, 0.15) is 0 Å². The number of amides is 2. The Morgan fingerprint density at radius 2 is 1.76 bits per heavy atom. The van der Waals surface area contributed by atoms with Gasteiger partial charge in [0.15, 0.2) is 5.82 Å². The number of H-pyrrole nitrogens is 1. The monoisotopic (exact) mass is 681 g/mol. The summed E-state index contributed by atoms with van der Waals surface area (Å²) in [5.41, 5.74) is 3.17. The SMILES string of the molecule is CC(NC(=O)[C@@H]1c2ccccc2C(=O)N([C@H]2CCCC[C@@H]2NS(C)(=O)=O)[C@H]1c1ccc(Cl)cc1Cl)c1ccc(-c2nnn[nH]2)cc1. The molecule has 1 aliphatic carbocycles. The molecule has 2 amide bonds. The average molecular weight is 683 g/mol. The number of carbonyl (C=O) groups is 2. The van der Waals surface area contributed by atoms with Crippen molar-refractivity contribution < 1.29 is 18.0 Å². The number of aromatic amines is 1. The number of fused-ring (bicyclic) bond motifs is 1. The first-order chi connectivity index (χ1) is 22.0. The van der Waals surface area contributed by atoms with Gasteiger partial charge in [0.2, 0.25) is 15.9 Å². The van der Waals surface area contributed by atoms with Gasteiger partial charge in [0.25, 0.3) is 5.91 Å². The molecule has 6 rings (SSSR count). The molecule has 1 fully saturated rings. The van der Waals surface area contributed by atoms with Gasteiger partial charge in [-0.2, -0.15) is 0 Å². The smallest absolute Gasteiger partial charge is 0.255 e. The van der Waals surface area contributed by atoms with E-state index in [2.05, 4.69) is 30.7 Å². The summed E-state index contributed by atoms with van der Waals surface area (Å²) in [4.78, 5) is 30.7. The van der Waals surface area contributed by atoms with Gasteiger partial charge in [-0.15, -0.1) is 5.10 Å². The van der Waals surface area contributed by atoms with Gasteiger partial charge in [-0.3, -0.25) is 9.59 Å². The van der Waals surface area contributed by atoms with Crippen LogP contribution in [0.3, 0.4) is 0 Å². The molecule has 11 nitrogen and oxygen atoms in total. The van der Waals surface area contributed by atoms with Crippen molar-refractivity contribution >= 4 is 45.0 Å². The second-order valence-corrected chi connectivity index (χ2v) is 14.5. The van der Waals surface area contributed by atoms with Crippen molar-refractivity contribution in [3.05, 3.63) is 99.0 Å². The molecule has 0 saturated heterocycles. The quantitative estimate of drug-likeness (QED) is 0.232. The second kappa shape index (κ2) is 13.1. The van der Waals surface area contributed by atoms with Gasteiger partial charge >= 0.3 is 0 Å². The number of hydrogen-bond donors (Lipinski definition) is 3. The molecule has 0 bridgehead atoms. The van der Waals surface area contributed by atoms with E-state index in [1.165, 1.54) is 0 Å². The number of carbonyl (C=O) groups excluding carboxylic acids is 2. The standard InChI is InChI=1S/C32H33Cl2N7O4S/c1-18(19-11-13-20(14-12-19)30-36-39-40-37-30)35-31(42)28-22-7-3-4-8-23(22)32(43)41(29(28)24-16-15-21(33)17-25(24)34)27-10-6-5-9-26(27)38-46(2,44)45/h3-4,7-8,11-18,26-29,38H,5-6,9-10H2,1-2H3,(H,35,42)(H,36,37,39,40)/t18?,26-,27-,28+,29-/m0/s1. The third-order valence-corrected chi connectivity index (χ3v) is 10.1. The highest BCUT2D eigenvalue weighted by molar-refractivity contribution is 7.88. The number of sulfonamides is 1. The van der Waals surface area contributed by atoms with Gasteiger partial charge in [0.05, 0.1) is 24.3 Å². The maximum atomic E-state index is 14.5. The first-order valence-electron chi connectivity index (χ1n) is 15.0. The predicted molar refractivity (Wildman–Crippen MR) is 175 cm³/mol. The van der Waals surface area contributed by atoms with Crippen molar-refractivity contribution in [2.24, 2.45) is 0 Å². The van der Waals surface area contributed by atoms with Crippen LogP contribution >= 0.6 is 23.2 Å². The molecule has 2 heterocycles. The zero-order valence-corrected chi connectivity index (χ0v) is 27.5. The number of halogens is 2. The minimum absolute atomic E-state index is 0.284. The lowest BCUT2D eigenvalue weighted by atomic mass is 9.76. The lowest BCUT2D eigenvalue weighted by Gasteiger charge is -2.49. The number of tetrazole rings is 1. The first kappa shape index (κ1) is 32.1. The van der Waals surface area contributed by atoms with Crippen molar-refractivity contribution in [2.45, 2.75) is 62.7 Å². The molecule has 46 heavy (non-hydrogen) atoms. The van der Waals surface area contributed by atoms with E-state index in [0.29, 0.717) is 45.4 Å². The summed E-state index contributed by atoms with van der Waals surface area (Å²) in [5.74, 6) is -0.926. The van der Waals surface area contributed by atoms with Crippen molar-refractivity contribution in [2.75, 3.05) is 6.26 Å². The molecular weight excluding hydrogens is 649 g/mol. The van der Waals surface area contributed by atoms with Crippen LogP contribution < -0.4 is 10.0 Å². The lowest BCUT2D eigenvalue weighted by molar-refractivity contribution is -0.125. The van der Waals surface area contributed by atoms with Crippen molar-refractivity contribution in [1.82, 2.24) is 35.6 Å². The number of nitrogens with one attached hydrogen (secondary N) is 3. The molecule has 240 valence electrons. The summed E-state index contributed by atoms with van der Waals surface area (Å²) < 4.78 is 27.7. The fourth-order valence-corrected chi connectivity index (χ4v) is 8.07. The van der Waals surface area contributed by atoms with Gasteiger partial charge in [0, 0.05) is 33.3 Å². The van der Waals surface area contributed by atoms with Crippen molar-refractivity contribution in [3.63, 3.8) is 0 Å². The van der Waals surface area contributed by atoms with E-state index in [1.807, 2.05) is 31.2 Å². The fraction of sp³-hybridized carbons (Fsp3) is 0.344. The minimum Gasteiger partial charge on any atom is -0.349 e. The van der Waals surface area contributed by atoms with Crippen molar-refractivity contribution in [3.8, 4) is 11.4 Å². The Morgan fingerprint density at radius 1 is 1.02 bits per heavy atom. The van der Waals surface area contributed by atoms with Crippen LogP contribution in [0.1, 0.15) is 77.7 Å². The first-order valence-corrected chi connectivity index (χ1v) is 17.6. The van der Waals surface area contributed by atoms with Crippen LogP contribution in [0, 0.1) is 0 Å². The average Bonchev–Trinajstić information content (AvgIpc) is 3.56. The van der Waals surface area contributed by atoms with E-state index < -0.39 is 40.1 Å². The normalized spacial score (nSPS) is 22.3. The fourth-order valence-electron chi connectivity index (χ4n) is 6.73. The molecule has 4 aromatic rings. The van der Waals surface area contributed by atoms with Gasteiger partial charge in [-0.25, -0.2) is 18.2 Å². The molecule has 0 radical (unpaired) electrons. The Kier molecular flexibility index (Phi) is 9.15. The molecule has 1 aliphatic heterocycles.